The fraction of sp³-hybridized carbons (Fsp3) is 0.0968. The van der Waals surface area contributed by atoms with Gasteiger partial charge >= 0.3 is 5.97 Å². The van der Waals surface area contributed by atoms with E-state index in [0.717, 1.165) is 0 Å². The number of halogens is 2. The number of aromatic hydroxyl groups is 1. The van der Waals surface area contributed by atoms with Crippen molar-refractivity contribution in [3.63, 3.8) is 0 Å². The van der Waals surface area contributed by atoms with Gasteiger partial charge in [0, 0.05) is 31.3 Å². The molecular formula is C31H26F2N4O7. The number of benzene rings is 3. The first kappa shape index (κ1) is 31.0. The summed E-state index contributed by atoms with van der Waals surface area (Å²) in [6.07, 6.45) is 2.67. The number of aromatic nitrogens is 1. The molecule has 0 fully saturated rings. The van der Waals surface area contributed by atoms with Crippen molar-refractivity contribution >= 4 is 23.8 Å². The van der Waals surface area contributed by atoms with E-state index in [0.29, 0.717) is 5.56 Å². The van der Waals surface area contributed by atoms with E-state index >= 15 is 8.78 Å². The number of carbonyl (C=O) groups is 2. The van der Waals surface area contributed by atoms with E-state index < -0.39 is 40.9 Å². The Hall–Kier alpha value is -5.98. The predicted molar refractivity (Wildman–Crippen MR) is 155 cm³/mol. The van der Waals surface area contributed by atoms with E-state index in [1.807, 2.05) is 0 Å². The molecule has 0 saturated carbocycles. The summed E-state index contributed by atoms with van der Waals surface area (Å²) in [6.45, 7) is 0. The van der Waals surface area contributed by atoms with Crippen LogP contribution in [0.5, 0.6) is 40.5 Å². The highest BCUT2D eigenvalue weighted by Gasteiger charge is 2.27. The van der Waals surface area contributed by atoms with Crippen molar-refractivity contribution in [3.05, 3.63) is 101 Å². The maximum atomic E-state index is 15.7. The first-order valence-electron chi connectivity index (χ1n) is 12.7. The Bertz CT molecular complexity index is 1760. The summed E-state index contributed by atoms with van der Waals surface area (Å²) >= 11 is 0. The smallest absolute Gasteiger partial charge is 0.330 e. The Morgan fingerprint density at radius 3 is 2.23 bits per heavy atom. The molecule has 11 nitrogen and oxygen atoms in total. The van der Waals surface area contributed by atoms with Crippen molar-refractivity contribution in [2.45, 2.75) is 0 Å². The number of nitrogens with two attached hydrogens (primary N) is 1. The van der Waals surface area contributed by atoms with Gasteiger partial charge in [0.1, 0.15) is 17.3 Å². The minimum Gasteiger partial charge on any atom is -0.504 e. The van der Waals surface area contributed by atoms with Gasteiger partial charge in [-0.25, -0.2) is 4.79 Å². The van der Waals surface area contributed by atoms with Gasteiger partial charge in [0.2, 0.25) is 17.4 Å². The average molecular weight is 605 g/mol. The second kappa shape index (κ2) is 13.3. The first-order valence-corrected chi connectivity index (χ1v) is 12.7. The molecule has 0 aliphatic rings. The first-order chi connectivity index (χ1) is 21.0. The number of rotatable bonds is 10. The Kier molecular flexibility index (Phi) is 9.38. The third kappa shape index (κ3) is 7.26. The normalized spacial score (nSPS) is 10.8. The topological polar surface area (TPSA) is 157 Å². The molecule has 1 amide bonds. The number of esters is 1. The number of hydrogen-bond acceptors (Lipinski definition) is 9. The van der Waals surface area contributed by atoms with E-state index in [1.165, 1.54) is 90.9 Å². The number of amides is 1. The van der Waals surface area contributed by atoms with E-state index in [4.69, 9.17) is 25.4 Å². The minimum absolute atomic E-state index is 0.00104. The van der Waals surface area contributed by atoms with E-state index in [1.54, 1.807) is 14.1 Å². The monoisotopic (exact) mass is 604 g/mol. The summed E-state index contributed by atoms with van der Waals surface area (Å²) in [7, 11) is 4.35. The third-order valence-corrected chi connectivity index (χ3v) is 5.87. The molecule has 0 spiro atoms. The number of ether oxygens (including phenoxy) is 4. The van der Waals surface area contributed by atoms with Gasteiger partial charge in [-0.2, -0.15) is 13.8 Å². The summed E-state index contributed by atoms with van der Waals surface area (Å²) in [5.41, 5.74) is 6.46. The third-order valence-electron chi connectivity index (χ3n) is 5.87. The molecule has 0 saturated heterocycles. The largest absolute Gasteiger partial charge is 0.504 e. The Morgan fingerprint density at radius 1 is 0.909 bits per heavy atom. The number of phenols is 1. The zero-order valence-electron chi connectivity index (χ0n) is 23.6. The molecule has 4 aromatic rings. The Morgan fingerprint density at radius 2 is 1.59 bits per heavy atom. The molecule has 226 valence electrons. The molecule has 4 N–H and O–H groups in total. The standard InChI is InChI=1S/C31H26F2N4O7/c1-37(2)31(40)19-5-4-6-21(15-19)43-29-25(32)27(42-20-11-7-17(8-12-20)9-14-24(39)41-3)26(33)30(36-29)44-23-16-18(28(34)35)10-13-22(23)38/h4-16,38H,1-3H3,(H3,34,35). The number of nitrogens with zero attached hydrogens (tertiary/aromatic N) is 2. The number of methoxy groups -OCH3 is 1. The van der Waals surface area contributed by atoms with Crippen molar-refractivity contribution in [1.29, 1.82) is 5.41 Å². The van der Waals surface area contributed by atoms with Crippen molar-refractivity contribution in [2.24, 2.45) is 5.73 Å². The van der Waals surface area contributed by atoms with Gasteiger partial charge in [-0.1, -0.05) is 18.2 Å². The van der Waals surface area contributed by atoms with E-state index in [-0.39, 0.29) is 40.1 Å². The lowest BCUT2D eigenvalue weighted by Crippen LogP contribution is -2.21. The van der Waals surface area contributed by atoms with Gasteiger partial charge in [0.15, 0.2) is 11.5 Å². The molecule has 0 atom stereocenters. The van der Waals surface area contributed by atoms with Crippen LogP contribution < -0.4 is 19.9 Å². The van der Waals surface area contributed by atoms with Crippen LogP contribution in [0.25, 0.3) is 6.08 Å². The molecule has 0 radical (unpaired) electrons. The highest BCUT2D eigenvalue weighted by molar-refractivity contribution is 5.95. The minimum atomic E-state index is -1.38. The lowest BCUT2D eigenvalue weighted by Gasteiger charge is -2.16. The summed E-state index contributed by atoms with van der Waals surface area (Å²) in [5, 5.41) is 17.9. The zero-order chi connectivity index (χ0) is 32.0. The summed E-state index contributed by atoms with van der Waals surface area (Å²) in [4.78, 5) is 28.9. The van der Waals surface area contributed by atoms with E-state index in [2.05, 4.69) is 9.72 Å². The second-order valence-corrected chi connectivity index (χ2v) is 9.23. The van der Waals surface area contributed by atoms with Crippen LogP contribution in [0.4, 0.5) is 8.78 Å². The van der Waals surface area contributed by atoms with E-state index in [9.17, 15) is 14.7 Å². The molecule has 44 heavy (non-hydrogen) atoms. The van der Waals surface area contributed by atoms with Gasteiger partial charge in [-0.05, 0) is 60.2 Å². The van der Waals surface area contributed by atoms with Crippen LogP contribution in [0, 0.1) is 17.0 Å². The highest BCUT2D eigenvalue weighted by atomic mass is 19.1. The highest BCUT2D eigenvalue weighted by Crippen LogP contribution is 2.41. The summed E-state index contributed by atoms with van der Waals surface area (Å²) in [6, 6.07) is 15.3. The number of nitrogen functional groups attached to an aromatic ring is 1. The number of carbonyl (C=O) groups excluding carboxylic acids is 2. The molecule has 0 bridgehead atoms. The van der Waals surface area contributed by atoms with Crippen molar-refractivity contribution in [1.82, 2.24) is 9.88 Å². The van der Waals surface area contributed by atoms with Crippen LogP contribution in [-0.4, -0.2) is 53.9 Å². The number of pyridine rings is 1. The van der Waals surface area contributed by atoms with Gasteiger partial charge < -0.3 is 34.7 Å². The lowest BCUT2D eigenvalue weighted by molar-refractivity contribution is -0.134. The van der Waals surface area contributed by atoms with Crippen molar-refractivity contribution in [3.8, 4) is 40.5 Å². The van der Waals surface area contributed by atoms with Gasteiger partial charge in [-0.15, -0.1) is 0 Å². The average Bonchev–Trinajstić information content (AvgIpc) is 3.01. The van der Waals surface area contributed by atoms with Crippen molar-refractivity contribution in [2.75, 3.05) is 21.2 Å². The van der Waals surface area contributed by atoms with Gasteiger partial charge in [0.05, 0.1) is 7.11 Å². The number of phenolic OH excluding ortho intramolecular Hbond substituents is 1. The van der Waals surface area contributed by atoms with Crippen LogP contribution in [0.1, 0.15) is 21.5 Å². The fourth-order valence-electron chi connectivity index (χ4n) is 3.63. The number of hydrogen-bond donors (Lipinski definition) is 3. The maximum absolute atomic E-state index is 15.7. The number of nitrogens with one attached hydrogen (secondary N) is 1. The molecular weight excluding hydrogens is 578 g/mol. The molecule has 3 aromatic carbocycles. The molecule has 0 unspecified atom stereocenters. The van der Waals surface area contributed by atoms with Crippen molar-refractivity contribution < 1.29 is 42.4 Å². The molecule has 4 rings (SSSR count). The summed E-state index contributed by atoms with van der Waals surface area (Å²) in [5.74, 6) is -7.34. The second-order valence-electron chi connectivity index (χ2n) is 9.23. The molecule has 0 aliphatic heterocycles. The Balaban J connectivity index is 1.76. The SMILES string of the molecule is COC(=O)C=Cc1ccc(Oc2c(F)c(Oc3cccc(C(=O)N(C)C)c3)nc(Oc3cc(C(=N)N)ccc3O)c2F)cc1. The molecule has 1 aromatic heterocycles. The fourth-order valence-corrected chi connectivity index (χ4v) is 3.63. The maximum Gasteiger partial charge on any atom is 0.330 e. The van der Waals surface area contributed by atoms with Crippen LogP contribution in [0.3, 0.4) is 0 Å². The predicted octanol–water partition coefficient (Wildman–Crippen LogP) is 5.61. The molecule has 13 heteroatoms. The van der Waals surface area contributed by atoms with Crippen LogP contribution in [-0.2, 0) is 9.53 Å². The quantitative estimate of drug-likeness (QED) is 0.0905. The van der Waals surface area contributed by atoms with Gasteiger partial charge in [0.25, 0.3) is 17.7 Å². The van der Waals surface area contributed by atoms with Crippen LogP contribution in [0.2, 0.25) is 0 Å². The Labute approximate surface area is 250 Å². The zero-order valence-corrected chi connectivity index (χ0v) is 23.6. The number of amidine groups is 1. The molecule has 0 aliphatic carbocycles. The molecule has 1 heterocycles. The van der Waals surface area contributed by atoms with Crippen LogP contribution in [0.15, 0.2) is 72.8 Å². The summed E-state index contributed by atoms with van der Waals surface area (Å²) < 4.78 is 52.7. The van der Waals surface area contributed by atoms with Crippen LogP contribution >= 0.6 is 0 Å². The van der Waals surface area contributed by atoms with Gasteiger partial charge in [-0.3, -0.25) is 10.2 Å². The lowest BCUT2D eigenvalue weighted by atomic mass is 10.2.